The molecule has 2 heterocycles. The van der Waals surface area contributed by atoms with Crippen LogP contribution in [0.15, 0.2) is 23.2 Å². The summed E-state index contributed by atoms with van der Waals surface area (Å²) in [4.78, 5) is 4.27. The second-order valence-electron chi connectivity index (χ2n) is 4.84. The summed E-state index contributed by atoms with van der Waals surface area (Å²) in [6.45, 7) is 3.38. The first-order valence-corrected chi connectivity index (χ1v) is 8.44. The van der Waals surface area contributed by atoms with Gasteiger partial charge < -0.3 is 15.2 Å². The normalized spacial score (nSPS) is 20.4. The van der Waals surface area contributed by atoms with E-state index < -0.39 is 16.1 Å². The number of morpholine rings is 1. The first-order chi connectivity index (χ1) is 10.1. The van der Waals surface area contributed by atoms with Crippen molar-refractivity contribution in [3.63, 3.8) is 0 Å². The molecule has 0 aliphatic carbocycles. The summed E-state index contributed by atoms with van der Waals surface area (Å²) in [6, 6.07) is 3.20. The number of aliphatic hydroxyl groups excluding tert-OH is 1. The Balaban J connectivity index is 2.11. The lowest BCUT2D eigenvalue weighted by Gasteiger charge is -2.31. The molecule has 1 unspecified atom stereocenters. The largest absolute Gasteiger partial charge is 0.394 e. The minimum absolute atomic E-state index is 0.156. The Hall–Kier alpha value is -1.22. The highest BCUT2D eigenvalue weighted by Crippen LogP contribution is 2.19. The molecule has 0 aromatic carbocycles. The molecule has 1 aliphatic heterocycles. The maximum Gasteiger partial charge on any atom is 0.244 e. The van der Waals surface area contributed by atoms with E-state index in [2.05, 4.69) is 10.3 Å². The average molecular weight is 315 g/mol. The summed E-state index contributed by atoms with van der Waals surface area (Å²) in [6.07, 6.45) is 1.86. The number of nitrogens with one attached hydrogen (secondary N) is 1. The Kier molecular flexibility index (Phi) is 5.51. The van der Waals surface area contributed by atoms with Gasteiger partial charge in [0.05, 0.1) is 19.3 Å². The molecule has 0 spiro atoms. The van der Waals surface area contributed by atoms with Crippen LogP contribution in [0.5, 0.6) is 0 Å². The second-order valence-corrected chi connectivity index (χ2v) is 6.78. The molecule has 1 aromatic rings. The Morgan fingerprint density at radius 3 is 2.95 bits per heavy atom. The number of nitrogens with zero attached hydrogens (tertiary/aromatic N) is 2. The summed E-state index contributed by atoms with van der Waals surface area (Å²) in [5.74, 6) is 0.658. The fraction of sp³-hybridized carbons (Fsp3) is 0.615. The van der Waals surface area contributed by atoms with Gasteiger partial charge in [0.15, 0.2) is 0 Å². The number of hydrogen-bond donors (Lipinski definition) is 2. The van der Waals surface area contributed by atoms with Crippen molar-refractivity contribution < 1.29 is 18.3 Å². The Bertz CT molecular complexity index is 547. The predicted molar refractivity (Wildman–Crippen MR) is 78.6 cm³/mol. The average Bonchev–Trinajstić information content (AvgIpc) is 2.53. The van der Waals surface area contributed by atoms with E-state index in [0.717, 1.165) is 13.0 Å². The van der Waals surface area contributed by atoms with E-state index >= 15 is 0 Å². The van der Waals surface area contributed by atoms with Gasteiger partial charge in [-0.3, -0.25) is 0 Å². The lowest BCUT2D eigenvalue weighted by atomic mass is 10.3. The molecule has 118 valence electrons. The molecule has 1 atom stereocenters. The molecule has 2 rings (SSSR count). The molecular formula is C13H21N3O4S. The molecule has 1 saturated heterocycles. The van der Waals surface area contributed by atoms with Crippen molar-refractivity contribution in [3.8, 4) is 0 Å². The summed E-state index contributed by atoms with van der Waals surface area (Å²) < 4.78 is 31.6. The van der Waals surface area contributed by atoms with Gasteiger partial charge in [-0.1, -0.05) is 6.92 Å². The number of ether oxygens (including phenoxy) is 1. The van der Waals surface area contributed by atoms with Crippen LogP contribution in [0.4, 0.5) is 5.82 Å². The van der Waals surface area contributed by atoms with E-state index in [0.29, 0.717) is 5.82 Å². The lowest BCUT2D eigenvalue weighted by Crippen LogP contribution is -2.46. The van der Waals surface area contributed by atoms with Crippen molar-refractivity contribution >= 4 is 15.8 Å². The molecule has 8 heteroatoms. The Labute approximate surface area is 125 Å². The van der Waals surface area contributed by atoms with Crippen LogP contribution in [0.2, 0.25) is 0 Å². The number of rotatable bonds is 6. The van der Waals surface area contributed by atoms with Crippen molar-refractivity contribution in [2.24, 2.45) is 0 Å². The topological polar surface area (TPSA) is 91.8 Å². The van der Waals surface area contributed by atoms with Crippen molar-refractivity contribution in [1.82, 2.24) is 9.29 Å². The first kappa shape index (κ1) is 16.2. The number of pyridine rings is 1. The molecule has 7 nitrogen and oxygen atoms in total. The molecule has 0 radical (unpaired) electrons. The van der Waals surface area contributed by atoms with Gasteiger partial charge in [0.2, 0.25) is 10.0 Å². The van der Waals surface area contributed by atoms with Crippen LogP contribution in [0, 0.1) is 0 Å². The minimum Gasteiger partial charge on any atom is -0.394 e. The number of sulfonamides is 1. The van der Waals surface area contributed by atoms with Crippen molar-refractivity contribution in [3.05, 3.63) is 18.3 Å². The maximum absolute atomic E-state index is 12.5. The van der Waals surface area contributed by atoms with Gasteiger partial charge in [-0.15, -0.1) is 0 Å². The Morgan fingerprint density at radius 2 is 2.33 bits per heavy atom. The van der Waals surface area contributed by atoms with Crippen LogP contribution < -0.4 is 5.32 Å². The highest BCUT2D eigenvalue weighted by molar-refractivity contribution is 7.89. The Morgan fingerprint density at radius 1 is 1.52 bits per heavy atom. The van der Waals surface area contributed by atoms with Gasteiger partial charge in [0.25, 0.3) is 0 Å². The van der Waals surface area contributed by atoms with E-state index in [1.165, 1.54) is 10.5 Å². The zero-order valence-corrected chi connectivity index (χ0v) is 12.8. The standard InChI is InChI=1S/C13H21N3O4S/c1-2-5-14-13-4-3-12(8-15-13)21(18,19)16-6-7-20-11(9-16)10-17/h3-4,8,11,17H,2,5-7,9-10H2,1H3,(H,14,15). The number of aromatic nitrogens is 1. The predicted octanol–water partition coefficient (Wildman–Crippen LogP) is 0.285. The fourth-order valence-corrected chi connectivity index (χ4v) is 3.46. The molecule has 21 heavy (non-hydrogen) atoms. The van der Waals surface area contributed by atoms with E-state index in [1.807, 2.05) is 6.92 Å². The maximum atomic E-state index is 12.5. The molecule has 1 aromatic heterocycles. The van der Waals surface area contributed by atoms with Gasteiger partial charge in [0.1, 0.15) is 10.7 Å². The minimum atomic E-state index is -3.59. The van der Waals surface area contributed by atoms with Crippen LogP contribution in [0.3, 0.4) is 0 Å². The van der Waals surface area contributed by atoms with Crippen molar-refractivity contribution in [1.29, 1.82) is 0 Å². The smallest absolute Gasteiger partial charge is 0.244 e. The van der Waals surface area contributed by atoms with Gasteiger partial charge in [-0.05, 0) is 18.6 Å². The molecule has 0 bridgehead atoms. The van der Waals surface area contributed by atoms with Gasteiger partial charge in [0, 0.05) is 25.8 Å². The molecular weight excluding hydrogens is 294 g/mol. The molecule has 2 N–H and O–H groups in total. The van der Waals surface area contributed by atoms with Crippen molar-refractivity contribution in [2.45, 2.75) is 24.3 Å². The van der Waals surface area contributed by atoms with E-state index in [-0.39, 0.29) is 31.2 Å². The summed E-state index contributed by atoms with van der Waals surface area (Å²) in [7, 11) is -3.59. The highest BCUT2D eigenvalue weighted by Gasteiger charge is 2.30. The van der Waals surface area contributed by atoms with Gasteiger partial charge in [-0.2, -0.15) is 4.31 Å². The highest BCUT2D eigenvalue weighted by atomic mass is 32.2. The van der Waals surface area contributed by atoms with Crippen LogP contribution >= 0.6 is 0 Å². The molecule has 1 aliphatic rings. The molecule has 0 amide bonds. The third-order valence-electron chi connectivity index (χ3n) is 3.24. The number of aliphatic hydroxyl groups is 1. The number of hydrogen-bond acceptors (Lipinski definition) is 6. The zero-order chi connectivity index (χ0) is 15.3. The second kappa shape index (κ2) is 7.17. The van der Waals surface area contributed by atoms with E-state index in [9.17, 15) is 8.42 Å². The summed E-state index contributed by atoms with van der Waals surface area (Å²) in [5.41, 5.74) is 0. The van der Waals surface area contributed by atoms with Crippen LogP contribution in [-0.2, 0) is 14.8 Å². The quantitative estimate of drug-likeness (QED) is 0.784. The van der Waals surface area contributed by atoms with Crippen LogP contribution in [0.1, 0.15) is 13.3 Å². The lowest BCUT2D eigenvalue weighted by molar-refractivity contribution is -0.0304. The summed E-state index contributed by atoms with van der Waals surface area (Å²) >= 11 is 0. The fourth-order valence-electron chi connectivity index (χ4n) is 2.06. The van der Waals surface area contributed by atoms with Gasteiger partial charge >= 0.3 is 0 Å². The van der Waals surface area contributed by atoms with E-state index in [1.54, 1.807) is 12.1 Å². The zero-order valence-electron chi connectivity index (χ0n) is 12.0. The van der Waals surface area contributed by atoms with Gasteiger partial charge in [-0.25, -0.2) is 13.4 Å². The number of anilines is 1. The van der Waals surface area contributed by atoms with Crippen molar-refractivity contribution in [2.75, 3.05) is 38.2 Å². The molecule has 0 saturated carbocycles. The third-order valence-corrected chi connectivity index (χ3v) is 5.08. The summed E-state index contributed by atoms with van der Waals surface area (Å²) in [5, 5.41) is 12.2. The monoisotopic (exact) mass is 315 g/mol. The first-order valence-electron chi connectivity index (χ1n) is 7.00. The third kappa shape index (κ3) is 3.91. The SMILES string of the molecule is CCCNc1ccc(S(=O)(=O)N2CCOC(CO)C2)cn1. The van der Waals surface area contributed by atoms with E-state index in [4.69, 9.17) is 9.84 Å². The van der Waals surface area contributed by atoms with Crippen LogP contribution in [0.25, 0.3) is 0 Å². The molecule has 1 fully saturated rings. The van der Waals surface area contributed by atoms with Crippen LogP contribution in [-0.4, -0.2) is 61.8 Å².